The van der Waals surface area contributed by atoms with Crippen LogP contribution in [0.2, 0.25) is 5.02 Å². The summed E-state index contributed by atoms with van der Waals surface area (Å²) in [5.74, 6) is 1.31. The molecule has 1 fully saturated rings. The molecule has 1 saturated carbocycles. The zero-order valence-electron chi connectivity index (χ0n) is 6.88. The summed E-state index contributed by atoms with van der Waals surface area (Å²) >= 11 is 6.06. The van der Waals surface area contributed by atoms with E-state index >= 15 is 0 Å². The molecule has 1 aliphatic rings. The first-order valence-corrected chi connectivity index (χ1v) is 4.39. The van der Waals surface area contributed by atoms with Gasteiger partial charge in [-0.05, 0) is 12.8 Å². The Bertz CT molecular complexity index is 297. The van der Waals surface area contributed by atoms with Crippen LogP contribution >= 0.6 is 11.6 Å². The summed E-state index contributed by atoms with van der Waals surface area (Å²) in [4.78, 5) is 4.24. The van der Waals surface area contributed by atoms with Crippen molar-refractivity contribution < 1.29 is 4.74 Å². The first-order valence-electron chi connectivity index (χ1n) is 4.01. The van der Waals surface area contributed by atoms with E-state index < -0.39 is 0 Å². The Morgan fingerprint density at radius 1 is 1.58 bits per heavy atom. The Balaban J connectivity index is 2.40. The van der Waals surface area contributed by atoms with Crippen molar-refractivity contribution in [3.05, 3.63) is 23.0 Å². The van der Waals surface area contributed by atoms with Crippen LogP contribution in [0.5, 0.6) is 5.75 Å². The van der Waals surface area contributed by atoms with E-state index in [0.717, 1.165) is 11.4 Å². The first-order chi connectivity index (χ1) is 5.83. The van der Waals surface area contributed by atoms with Crippen LogP contribution in [0.1, 0.15) is 24.5 Å². The van der Waals surface area contributed by atoms with E-state index in [1.54, 1.807) is 19.4 Å². The molecule has 64 valence electrons. The molecular formula is C9H10ClNO. The molecule has 0 amide bonds. The second-order valence-electron chi connectivity index (χ2n) is 2.99. The normalized spacial score (nSPS) is 16.2. The molecule has 0 bridgehead atoms. The molecule has 2 nitrogen and oxygen atoms in total. The maximum Gasteiger partial charge on any atom is 0.140 e. The summed E-state index contributed by atoms with van der Waals surface area (Å²) in [5.41, 5.74) is 0.996. The lowest BCUT2D eigenvalue weighted by Crippen LogP contribution is -1.91. The molecule has 0 aliphatic heterocycles. The van der Waals surface area contributed by atoms with E-state index in [1.807, 2.05) is 0 Å². The van der Waals surface area contributed by atoms with Crippen LogP contribution in [0.4, 0.5) is 0 Å². The summed E-state index contributed by atoms with van der Waals surface area (Å²) in [6.45, 7) is 0. The summed E-state index contributed by atoms with van der Waals surface area (Å²) in [7, 11) is 1.62. The van der Waals surface area contributed by atoms with Gasteiger partial charge in [0.2, 0.25) is 0 Å². The Kier molecular flexibility index (Phi) is 1.93. The fourth-order valence-electron chi connectivity index (χ4n) is 1.24. The molecule has 1 heterocycles. The molecule has 0 atom stereocenters. The minimum absolute atomic E-state index is 0.576. The predicted octanol–water partition coefficient (Wildman–Crippen LogP) is 2.62. The molecule has 0 aromatic carbocycles. The third-order valence-corrected chi connectivity index (χ3v) is 2.44. The van der Waals surface area contributed by atoms with Gasteiger partial charge in [0.1, 0.15) is 10.8 Å². The molecule has 1 aliphatic carbocycles. The van der Waals surface area contributed by atoms with Crippen LogP contribution in [-0.2, 0) is 0 Å². The quantitative estimate of drug-likeness (QED) is 0.703. The maximum atomic E-state index is 6.06. The average molecular weight is 184 g/mol. The van der Waals surface area contributed by atoms with Crippen LogP contribution in [0, 0.1) is 0 Å². The molecule has 3 heteroatoms. The van der Waals surface area contributed by atoms with E-state index in [2.05, 4.69) is 4.98 Å². The highest BCUT2D eigenvalue weighted by Crippen LogP contribution is 2.44. The fraction of sp³-hybridized carbons (Fsp3) is 0.444. The molecule has 1 aromatic heterocycles. The number of rotatable bonds is 2. The lowest BCUT2D eigenvalue weighted by molar-refractivity contribution is 0.414. The molecular weight excluding hydrogens is 174 g/mol. The average Bonchev–Trinajstić information content (AvgIpc) is 2.88. The van der Waals surface area contributed by atoms with Gasteiger partial charge in [0.15, 0.2) is 0 Å². The van der Waals surface area contributed by atoms with Gasteiger partial charge >= 0.3 is 0 Å². The van der Waals surface area contributed by atoms with Crippen LogP contribution in [0.25, 0.3) is 0 Å². The topological polar surface area (TPSA) is 22.1 Å². The molecule has 0 unspecified atom stereocenters. The number of pyridine rings is 1. The lowest BCUT2D eigenvalue weighted by atomic mass is 10.2. The van der Waals surface area contributed by atoms with Gasteiger partial charge in [0.05, 0.1) is 12.8 Å². The molecule has 0 N–H and O–H groups in total. The zero-order valence-corrected chi connectivity index (χ0v) is 7.64. The molecule has 0 saturated heterocycles. The van der Waals surface area contributed by atoms with Crippen LogP contribution in [0.15, 0.2) is 12.3 Å². The van der Waals surface area contributed by atoms with E-state index in [4.69, 9.17) is 16.3 Å². The molecule has 0 radical (unpaired) electrons. The van der Waals surface area contributed by atoms with Gasteiger partial charge in [-0.3, -0.25) is 4.98 Å². The third kappa shape index (κ3) is 1.27. The highest BCUT2D eigenvalue weighted by Gasteiger charge is 2.28. The SMILES string of the molecule is COc1ccnc(C2CC2)c1Cl. The van der Waals surface area contributed by atoms with Crippen LogP contribution < -0.4 is 4.74 Å². The van der Waals surface area contributed by atoms with Crippen molar-refractivity contribution in [2.24, 2.45) is 0 Å². The van der Waals surface area contributed by atoms with Crippen LogP contribution in [0.3, 0.4) is 0 Å². The van der Waals surface area contributed by atoms with Gasteiger partial charge in [0, 0.05) is 18.2 Å². The minimum Gasteiger partial charge on any atom is -0.495 e. The van der Waals surface area contributed by atoms with Gasteiger partial charge in [-0.2, -0.15) is 0 Å². The zero-order chi connectivity index (χ0) is 8.55. The monoisotopic (exact) mass is 183 g/mol. The molecule has 2 rings (SSSR count). The number of methoxy groups -OCH3 is 1. The predicted molar refractivity (Wildman–Crippen MR) is 47.8 cm³/mol. The van der Waals surface area contributed by atoms with Gasteiger partial charge in [-0.1, -0.05) is 11.6 Å². The maximum absolute atomic E-state index is 6.06. The minimum atomic E-state index is 0.576. The Morgan fingerprint density at radius 2 is 2.33 bits per heavy atom. The van der Waals surface area contributed by atoms with Crippen molar-refractivity contribution in [2.75, 3.05) is 7.11 Å². The third-order valence-electron chi connectivity index (χ3n) is 2.06. The summed E-state index contributed by atoms with van der Waals surface area (Å²) in [5, 5.41) is 0.683. The second kappa shape index (κ2) is 2.94. The van der Waals surface area contributed by atoms with E-state index in [-0.39, 0.29) is 0 Å². The van der Waals surface area contributed by atoms with Gasteiger partial charge in [0.25, 0.3) is 0 Å². The van der Waals surface area contributed by atoms with Crippen molar-refractivity contribution in [1.82, 2.24) is 4.98 Å². The number of halogens is 1. The van der Waals surface area contributed by atoms with Crippen molar-refractivity contribution in [3.63, 3.8) is 0 Å². The first kappa shape index (κ1) is 7.87. The van der Waals surface area contributed by atoms with Crippen molar-refractivity contribution in [2.45, 2.75) is 18.8 Å². The number of aromatic nitrogens is 1. The highest BCUT2D eigenvalue weighted by molar-refractivity contribution is 6.32. The molecule has 12 heavy (non-hydrogen) atoms. The van der Waals surface area contributed by atoms with Gasteiger partial charge < -0.3 is 4.74 Å². The van der Waals surface area contributed by atoms with E-state index in [9.17, 15) is 0 Å². The Hall–Kier alpha value is -0.760. The number of ether oxygens (including phenoxy) is 1. The fourth-order valence-corrected chi connectivity index (χ4v) is 1.58. The number of hydrogen-bond acceptors (Lipinski definition) is 2. The lowest BCUT2D eigenvalue weighted by Gasteiger charge is -2.05. The number of hydrogen-bond donors (Lipinski definition) is 0. The van der Waals surface area contributed by atoms with E-state index in [1.165, 1.54) is 12.8 Å². The van der Waals surface area contributed by atoms with Crippen molar-refractivity contribution in [1.29, 1.82) is 0 Å². The van der Waals surface area contributed by atoms with Gasteiger partial charge in [-0.25, -0.2) is 0 Å². The second-order valence-corrected chi connectivity index (χ2v) is 3.36. The Morgan fingerprint density at radius 3 is 2.92 bits per heavy atom. The molecule has 1 aromatic rings. The summed E-state index contributed by atoms with van der Waals surface area (Å²) < 4.78 is 5.09. The summed E-state index contributed by atoms with van der Waals surface area (Å²) in [6, 6.07) is 1.79. The van der Waals surface area contributed by atoms with E-state index in [0.29, 0.717) is 10.9 Å². The largest absolute Gasteiger partial charge is 0.495 e. The summed E-state index contributed by atoms with van der Waals surface area (Å²) in [6.07, 6.45) is 4.16. The standard InChI is InChI=1S/C9H10ClNO/c1-12-7-4-5-11-9(8(7)10)6-2-3-6/h4-6H,2-3H2,1H3. The van der Waals surface area contributed by atoms with Gasteiger partial charge in [-0.15, -0.1) is 0 Å². The molecule has 0 spiro atoms. The van der Waals surface area contributed by atoms with Crippen molar-refractivity contribution >= 4 is 11.6 Å². The van der Waals surface area contributed by atoms with Crippen molar-refractivity contribution in [3.8, 4) is 5.75 Å². The number of nitrogens with zero attached hydrogens (tertiary/aromatic N) is 1. The smallest absolute Gasteiger partial charge is 0.140 e. The Labute approximate surface area is 76.5 Å². The van der Waals surface area contributed by atoms with Crippen LogP contribution in [-0.4, -0.2) is 12.1 Å². The highest BCUT2D eigenvalue weighted by atomic mass is 35.5.